The molecule has 3 aromatic rings. The number of ether oxygens (including phenoxy) is 2. The number of aliphatic hydroxyl groups is 4. The normalized spacial score (nSPS) is 25.7. The molecule has 4 rings (SSSR count). The molecule has 0 saturated carbocycles. The second-order valence-corrected chi connectivity index (χ2v) is 8.54. The van der Waals surface area contributed by atoms with Gasteiger partial charge in [0.25, 0.3) is 0 Å². The van der Waals surface area contributed by atoms with Crippen molar-refractivity contribution in [2.75, 3.05) is 6.61 Å². The van der Waals surface area contributed by atoms with E-state index in [4.69, 9.17) is 9.47 Å². The van der Waals surface area contributed by atoms with Gasteiger partial charge in [-0.2, -0.15) is 0 Å². The summed E-state index contributed by atoms with van der Waals surface area (Å²) in [7, 11) is 0. The van der Waals surface area contributed by atoms with Crippen LogP contribution < -0.4 is 4.74 Å². The number of hydrogen-bond donors (Lipinski definition) is 4. The Morgan fingerprint density at radius 3 is 2.45 bits per heavy atom. The summed E-state index contributed by atoms with van der Waals surface area (Å²) in [5.74, 6) is -0.583. The van der Waals surface area contributed by atoms with Gasteiger partial charge in [0.15, 0.2) is 0 Å². The molecule has 1 fully saturated rings. The molecule has 0 unspecified atom stereocenters. The van der Waals surface area contributed by atoms with Gasteiger partial charge in [-0.25, -0.2) is 8.78 Å². The summed E-state index contributed by atoms with van der Waals surface area (Å²) in [5.41, 5.74) is 1.19. The molecule has 1 aliphatic heterocycles. The lowest BCUT2D eigenvalue weighted by molar-refractivity contribution is -0.231. The van der Waals surface area contributed by atoms with Crippen LogP contribution in [-0.4, -0.2) is 62.1 Å². The summed E-state index contributed by atoms with van der Waals surface area (Å²) in [6.07, 6.45) is -5.23. The van der Waals surface area contributed by atoms with E-state index in [0.29, 0.717) is 27.8 Å². The topological polar surface area (TPSA) is 104 Å². The van der Waals surface area contributed by atoms with Crippen LogP contribution in [0.5, 0.6) is 5.75 Å². The number of halogens is 2. The highest BCUT2D eigenvalue weighted by atomic mass is 19.1. The lowest BCUT2D eigenvalue weighted by Gasteiger charge is -2.40. The summed E-state index contributed by atoms with van der Waals surface area (Å²) < 4.78 is 41.7. The molecule has 4 N–H and O–H groups in total. The third-order valence-electron chi connectivity index (χ3n) is 5.81. The van der Waals surface area contributed by atoms with Crippen molar-refractivity contribution in [1.29, 1.82) is 0 Å². The van der Waals surface area contributed by atoms with Crippen molar-refractivity contribution < 1.29 is 38.7 Å². The Hall–Kier alpha value is -2.56. The number of fused-ring (bicyclic) bond motifs is 1. The van der Waals surface area contributed by atoms with Crippen LogP contribution in [-0.2, 0) is 11.3 Å². The molecule has 5 atom stereocenters. The molecule has 0 spiro atoms. The summed E-state index contributed by atoms with van der Waals surface area (Å²) in [4.78, 5) is 0. The minimum absolute atomic E-state index is 0.0607. The van der Waals surface area contributed by atoms with Crippen LogP contribution in [0.1, 0.15) is 31.1 Å². The minimum Gasteiger partial charge on any atom is -0.491 e. The summed E-state index contributed by atoms with van der Waals surface area (Å²) in [5, 5.41) is 40.9. The quantitative estimate of drug-likeness (QED) is 0.447. The first-order chi connectivity index (χ1) is 15.7. The molecule has 1 aliphatic rings. The molecular formula is C24H27F2NO6. The summed E-state index contributed by atoms with van der Waals surface area (Å²) in [6, 6.07) is 8.58. The predicted octanol–water partition coefficient (Wildman–Crippen LogP) is 2.27. The fourth-order valence-corrected chi connectivity index (χ4v) is 4.19. The minimum atomic E-state index is -1.55. The Balaban J connectivity index is 1.73. The molecular weight excluding hydrogens is 436 g/mol. The Bertz CT molecular complexity index is 1130. The molecule has 2 heterocycles. The molecule has 2 aromatic carbocycles. The first-order valence-corrected chi connectivity index (χ1v) is 10.7. The number of nitrogens with zero attached hydrogens (tertiary/aromatic N) is 1. The summed E-state index contributed by atoms with van der Waals surface area (Å²) >= 11 is 0. The number of benzene rings is 2. The molecule has 0 radical (unpaired) electrons. The lowest BCUT2D eigenvalue weighted by atomic mass is 9.91. The van der Waals surface area contributed by atoms with Crippen LogP contribution in [0.3, 0.4) is 0 Å². The Morgan fingerprint density at radius 1 is 1.03 bits per heavy atom. The van der Waals surface area contributed by atoms with Gasteiger partial charge >= 0.3 is 0 Å². The molecule has 33 heavy (non-hydrogen) atoms. The Labute approximate surface area is 189 Å². The highest BCUT2D eigenvalue weighted by molar-refractivity contribution is 5.84. The van der Waals surface area contributed by atoms with Crippen molar-refractivity contribution in [1.82, 2.24) is 4.57 Å². The van der Waals surface area contributed by atoms with Crippen molar-refractivity contribution in [2.45, 2.75) is 57.0 Å². The van der Waals surface area contributed by atoms with E-state index in [1.165, 1.54) is 24.3 Å². The van der Waals surface area contributed by atoms with Gasteiger partial charge in [-0.05, 0) is 38.1 Å². The van der Waals surface area contributed by atoms with Gasteiger partial charge in [0.1, 0.15) is 47.9 Å². The van der Waals surface area contributed by atoms with E-state index in [0.717, 1.165) is 0 Å². The monoisotopic (exact) mass is 463 g/mol. The largest absolute Gasteiger partial charge is 0.491 e. The van der Waals surface area contributed by atoms with E-state index >= 15 is 0 Å². The van der Waals surface area contributed by atoms with Crippen molar-refractivity contribution >= 4 is 10.9 Å². The Morgan fingerprint density at radius 2 is 1.79 bits per heavy atom. The van der Waals surface area contributed by atoms with E-state index in [1.807, 2.05) is 13.8 Å². The summed E-state index contributed by atoms with van der Waals surface area (Å²) in [6.45, 7) is 3.18. The zero-order chi connectivity index (χ0) is 23.9. The van der Waals surface area contributed by atoms with Crippen molar-refractivity contribution in [3.05, 3.63) is 65.4 Å². The second kappa shape index (κ2) is 9.36. The van der Waals surface area contributed by atoms with Crippen LogP contribution in [0.2, 0.25) is 0 Å². The van der Waals surface area contributed by atoms with E-state index < -0.39 is 48.8 Å². The molecule has 0 aliphatic carbocycles. The maximum atomic E-state index is 14.8. The molecule has 9 heteroatoms. The van der Waals surface area contributed by atoms with Crippen LogP contribution >= 0.6 is 0 Å². The highest BCUT2D eigenvalue weighted by Gasteiger charge is 2.44. The van der Waals surface area contributed by atoms with Gasteiger partial charge in [-0.3, -0.25) is 0 Å². The molecule has 1 saturated heterocycles. The highest BCUT2D eigenvalue weighted by Crippen LogP contribution is 2.37. The molecule has 0 amide bonds. The van der Waals surface area contributed by atoms with Gasteiger partial charge in [0.05, 0.1) is 24.8 Å². The average Bonchev–Trinajstić information content (AvgIpc) is 3.11. The number of hydrogen-bond acceptors (Lipinski definition) is 6. The van der Waals surface area contributed by atoms with Gasteiger partial charge in [0, 0.05) is 28.8 Å². The third-order valence-corrected chi connectivity index (χ3v) is 5.81. The maximum Gasteiger partial charge on any atom is 0.131 e. The smallest absolute Gasteiger partial charge is 0.131 e. The van der Waals surface area contributed by atoms with Crippen molar-refractivity contribution in [2.24, 2.45) is 0 Å². The van der Waals surface area contributed by atoms with Crippen LogP contribution in [0.15, 0.2) is 42.6 Å². The van der Waals surface area contributed by atoms with Gasteiger partial charge in [-0.1, -0.05) is 6.07 Å². The van der Waals surface area contributed by atoms with Crippen molar-refractivity contribution in [3.8, 4) is 5.75 Å². The Kier molecular flexibility index (Phi) is 6.69. The number of rotatable bonds is 6. The van der Waals surface area contributed by atoms with Gasteiger partial charge in [-0.15, -0.1) is 0 Å². The first-order valence-electron chi connectivity index (χ1n) is 10.7. The number of aliphatic hydroxyl groups excluding tert-OH is 4. The maximum absolute atomic E-state index is 14.8. The number of aromatic nitrogens is 1. The predicted molar refractivity (Wildman–Crippen MR) is 116 cm³/mol. The van der Waals surface area contributed by atoms with Crippen LogP contribution in [0.4, 0.5) is 8.78 Å². The molecule has 7 nitrogen and oxygen atoms in total. The second-order valence-electron chi connectivity index (χ2n) is 8.54. The first kappa shape index (κ1) is 23.6. The van der Waals surface area contributed by atoms with E-state index in [1.54, 1.807) is 22.9 Å². The molecule has 0 bridgehead atoms. The zero-order valence-corrected chi connectivity index (χ0v) is 18.2. The van der Waals surface area contributed by atoms with Gasteiger partial charge in [0.2, 0.25) is 0 Å². The van der Waals surface area contributed by atoms with Gasteiger partial charge < -0.3 is 34.5 Å². The van der Waals surface area contributed by atoms with Crippen LogP contribution in [0.25, 0.3) is 10.9 Å². The van der Waals surface area contributed by atoms with E-state index in [-0.39, 0.29) is 12.6 Å². The molecule has 1 aromatic heterocycles. The van der Waals surface area contributed by atoms with Crippen LogP contribution in [0, 0.1) is 11.6 Å². The zero-order valence-electron chi connectivity index (χ0n) is 18.2. The standard InChI is InChI=1S/C24H27F2NO6/c1-12(2)32-15-5-3-13(18(26)8-15)9-27-10-17(16-6-4-14(25)7-19(16)27)24-23(31)22(30)21(29)20(11-28)33-24/h3-8,10,12,20-24,28-31H,9,11H2,1-2H3/t20-,21-,22+,23-,24+/m1/s1. The average molecular weight is 463 g/mol. The van der Waals surface area contributed by atoms with E-state index in [9.17, 15) is 29.2 Å². The van der Waals surface area contributed by atoms with E-state index in [2.05, 4.69) is 0 Å². The molecule has 178 valence electrons. The third kappa shape index (κ3) is 4.60. The van der Waals surface area contributed by atoms with Crippen molar-refractivity contribution in [3.63, 3.8) is 0 Å². The SMILES string of the molecule is CC(C)Oc1ccc(Cn2cc([C@@H]3O[C@H](CO)[C@@H](O)[C@H](O)[C@H]3O)c3ccc(F)cc32)c(F)c1. The lowest BCUT2D eigenvalue weighted by Crippen LogP contribution is -2.55. The fraction of sp³-hybridized carbons (Fsp3) is 0.417. The fourth-order valence-electron chi connectivity index (χ4n) is 4.19.